The summed E-state index contributed by atoms with van der Waals surface area (Å²) in [6, 6.07) is 10.3. The number of nitrogens with zero attached hydrogens (tertiary/aromatic N) is 2. The van der Waals surface area contributed by atoms with Crippen molar-refractivity contribution >= 4 is 12.0 Å². The molecule has 1 aromatic carbocycles. The van der Waals surface area contributed by atoms with E-state index in [0.717, 1.165) is 25.9 Å². The molecule has 2 saturated heterocycles. The van der Waals surface area contributed by atoms with E-state index in [1.54, 1.807) is 0 Å². The lowest BCUT2D eigenvalue weighted by Crippen LogP contribution is -2.49. The van der Waals surface area contributed by atoms with E-state index in [0.29, 0.717) is 26.2 Å². The molecule has 2 fully saturated rings. The van der Waals surface area contributed by atoms with Gasteiger partial charge in [-0.15, -0.1) is 0 Å². The SMILES string of the molecule is CCNC(=O)CN1CCC2(CC1)CN(CC(C)c1ccccc1)C(=O)O2. The summed E-state index contributed by atoms with van der Waals surface area (Å²) in [6.07, 6.45) is 1.37. The molecule has 3 rings (SSSR count). The summed E-state index contributed by atoms with van der Waals surface area (Å²) < 4.78 is 5.80. The van der Waals surface area contributed by atoms with Gasteiger partial charge >= 0.3 is 6.09 Å². The Bertz CT molecular complexity index is 626. The first kappa shape index (κ1) is 18.7. The van der Waals surface area contributed by atoms with Crippen molar-refractivity contribution in [3.05, 3.63) is 35.9 Å². The van der Waals surface area contributed by atoms with Gasteiger partial charge in [0.2, 0.25) is 5.91 Å². The van der Waals surface area contributed by atoms with Crippen molar-refractivity contribution in [2.75, 3.05) is 39.3 Å². The van der Waals surface area contributed by atoms with Crippen LogP contribution in [0, 0.1) is 0 Å². The van der Waals surface area contributed by atoms with Crippen LogP contribution in [0.4, 0.5) is 4.79 Å². The predicted octanol–water partition coefficient (Wildman–Crippen LogP) is 2.21. The minimum atomic E-state index is -0.384. The number of benzene rings is 1. The molecular weight excluding hydrogens is 330 g/mol. The Morgan fingerprint density at radius 2 is 1.96 bits per heavy atom. The normalized spacial score (nSPS) is 20.8. The molecule has 2 aliphatic heterocycles. The molecular formula is C20H29N3O3. The Hall–Kier alpha value is -2.08. The molecule has 0 bridgehead atoms. The van der Waals surface area contributed by atoms with Crippen LogP contribution in [0.1, 0.15) is 38.2 Å². The Balaban J connectivity index is 1.52. The third kappa shape index (κ3) is 4.36. The molecule has 1 N–H and O–H groups in total. The molecule has 1 unspecified atom stereocenters. The molecule has 142 valence electrons. The van der Waals surface area contributed by atoms with Gasteiger partial charge in [0.1, 0.15) is 5.60 Å². The molecule has 1 spiro atoms. The second kappa shape index (κ2) is 8.08. The first-order valence-electron chi connectivity index (χ1n) is 9.53. The topological polar surface area (TPSA) is 61.9 Å². The van der Waals surface area contributed by atoms with Gasteiger partial charge in [0.15, 0.2) is 0 Å². The number of rotatable bonds is 6. The van der Waals surface area contributed by atoms with Crippen LogP contribution in [-0.4, -0.2) is 66.7 Å². The van der Waals surface area contributed by atoms with E-state index in [1.165, 1.54) is 5.56 Å². The summed E-state index contributed by atoms with van der Waals surface area (Å²) in [4.78, 5) is 28.1. The molecule has 1 atom stereocenters. The van der Waals surface area contributed by atoms with Crippen molar-refractivity contribution in [2.45, 2.75) is 38.2 Å². The zero-order valence-corrected chi connectivity index (χ0v) is 15.7. The molecule has 0 aliphatic carbocycles. The monoisotopic (exact) mass is 359 g/mol. The van der Waals surface area contributed by atoms with Crippen molar-refractivity contribution in [3.63, 3.8) is 0 Å². The number of piperidine rings is 1. The van der Waals surface area contributed by atoms with E-state index < -0.39 is 0 Å². The van der Waals surface area contributed by atoms with Crippen LogP contribution in [0.5, 0.6) is 0 Å². The van der Waals surface area contributed by atoms with Crippen molar-refractivity contribution in [1.82, 2.24) is 15.1 Å². The van der Waals surface area contributed by atoms with E-state index in [4.69, 9.17) is 4.74 Å². The van der Waals surface area contributed by atoms with Gasteiger partial charge < -0.3 is 15.0 Å². The van der Waals surface area contributed by atoms with Crippen molar-refractivity contribution in [1.29, 1.82) is 0 Å². The molecule has 6 nitrogen and oxygen atoms in total. The third-order valence-electron chi connectivity index (χ3n) is 5.41. The first-order chi connectivity index (χ1) is 12.5. The molecule has 0 aromatic heterocycles. The number of ether oxygens (including phenoxy) is 1. The second-order valence-electron chi connectivity index (χ2n) is 7.47. The van der Waals surface area contributed by atoms with E-state index in [2.05, 4.69) is 29.3 Å². The van der Waals surface area contributed by atoms with Crippen molar-refractivity contribution in [3.8, 4) is 0 Å². The van der Waals surface area contributed by atoms with Crippen LogP contribution in [0.25, 0.3) is 0 Å². The predicted molar refractivity (Wildman–Crippen MR) is 100.0 cm³/mol. The van der Waals surface area contributed by atoms with Crippen LogP contribution in [0.15, 0.2) is 30.3 Å². The van der Waals surface area contributed by atoms with Gasteiger partial charge in [-0.05, 0) is 18.4 Å². The van der Waals surface area contributed by atoms with Gasteiger partial charge in [-0.2, -0.15) is 0 Å². The maximum atomic E-state index is 12.4. The van der Waals surface area contributed by atoms with Gasteiger partial charge in [-0.3, -0.25) is 9.69 Å². The van der Waals surface area contributed by atoms with E-state index in [-0.39, 0.29) is 23.5 Å². The van der Waals surface area contributed by atoms with Crippen LogP contribution >= 0.6 is 0 Å². The van der Waals surface area contributed by atoms with Crippen molar-refractivity contribution in [2.24, 2.45) is 0 Å². The van der Waals surface area contributed by atoms with Crippen LogP contribution < -0.4 is 5.32 Å². The largest absolute Gasteiger partial charge is 0.441 e. The highest BCUT2D eigenvalue weighted by atomic mass is 16.6. The minimum Gasteiger partial charge on any atom is -0.441 e. The highest BCUT2D eigenvalue weighted by Gasteiger charge is 2.47. The third-order valence-corrected chi connectivity index (χ3v) is 5.41. The van der Waals surface area contributed by atoms with Crippen LogP contribution in [0.2, 0.25) is 0 Å². The highest BCUT2D eigenvalue weighted by molar-refractivity contribution is 5.78. The molecule has 2 aliphatic rings. The molecule has 2 heterocycles. The van der Waals surface area contributed by atoms with Gasteiger partial charge in [-0.25, -0.2) is 4.79 Å². The Labute approximate surface area is 155 Å². The second-order valence-corrected chi connectivity index (χ2v) is 7.47. The average Bonchev–Trinajstić information content (AvgIpc) is 2.93. The maximum Gasteiger partial charge on any atom is 0.410 e. The minimum absolute atomic E-state index is 0.0604. The maximum absolute atomic E-state index is 12.4. The Kier molecular flexibility index (Phi) is 5.81. The van der Waals surface area contributed by atoms with Gasteiger partial charge in [-0.1, -0.05) is 37.3 Å². The molecule has 0 radical (unpaired) electrons. The molecule has 2 amide bonds. The summed E-state index contributed by atoms with van der Waals surface area (Å²) >= 11 is 0. The molecule has 0 saturated carbocycles. The number of nitrogens with one attached hydrogen (secondary N) is 1. The van der Waals surface area contributed by atoms with Crippen LogP contribution in [-0.2, 0) is 9.53 Å². The number of likely N-dealkylation sites (tertiary alicyclic amines) is 1. The fourth-order valence-electron chi connectivity index (χ4n) is 3.89. The zero-order chi connectivity index (χ0) is 18.6. The Morgan fingerprint density at radius 1 is 1.27 bits per heavy atom. The summed E-state index contributed by atoms with van der Waals surface area (Å²) in [6.45, 7) is 8.04. The average molecular weight is 359 g/mol. The van der Waals surface area contributed by atoms with E-state index in [1.807, 2.05) is 30.0 Å². The smallest absolute Gasteiger partial charge is 0.410 e. The summed E-state index contributed by atoms with van der Waals surface area (Å²) in [5.41, 5.74) is 0.851. The fourth-order valence-corrected chi connectivity index (χ4v) is 3.89. The number of carbonyl (C=O) groups excluding carboxylic acids is 2. The van der Waals surface area contributed by atoms with E-state index in [9.17, 15) is 9.59 Å². The van der Waals surface area contributed by atoms with Crippen molar-refractivity contribution < 1.29 is 14.3 Å². The lowest BCUT2D eigenvalue weighted by molar-refractivity contribution is -0.123. The van der Waals surface area contributed by atoms with Crippen LogP contribution in [0.3, 0.4) is 0 Å². The first-order valence-corrected chi connectivity index (χ1v) is 9.53. The number of likely N-dealkylation sites (N-methyl/N-ethyl adjacent to an activating group) is 1. The number of hydrogen-bond donors (Lipinski definition) is 1. The lowest BCUT2D eigenvalue weighted by atomic mass is 9.91. The number of carbonyl (C=O) groups is 2. The molecule has 1 aromatic rings. The fraction of sp³-hybridized carbons (Fsp3) is 0.600. The standard InChI is InChI=1S/C20H29N3O3/c1-3-21-18(24)14-22-11-9-20(10-12-22)15-23(19(25)26-20)13-16(2)17-7-5-4-6-8-17/h4-8,16H,3,9-15H2,1-2H3,(H,21,24). The lowest BCUT2D eigenvalue weighted by Gasteiger charge is -2.37. The van der Waals surface area contributed by atoms with Gasteiger partial charge in [0.05, 0.1) is 13.1 Å². The summed E-state index contributed by atoms with van der Waals surface area (Å²) in [5, 5.41) is 2.83. The van der Waals surface area contributed by atoms with E-state index >= 15 is 0 Å². The summed E-state index contributed by atoms with van der Waals surface area (Å²) in [7, 11) is 0. The molecule has 26 heavy (non-hydrogen) atoms. The molecule has 6 heteroatoms. The number of hydrogen-bond acceptors (Lipinski definition) is 4. The highest BCUT2D eigenvalue weighted by Crippen LogP contribution is 2.34. The van der Waals surface area contributed by atoms with Gasteiger partial charge in [0.25, 0.3) is 0 Å². The Morgan fingerprint density at radius 3 is 2.62 bits per heavy atom. The summed E-state index contributed by atoms with van der Waals surface area (Å²) in [5.74, 6) is 0.335. The number of amides is 2. The van der Waals surface area contributed by atoms with Gasteiger partial charge in [0, 0.05) is 39.0 Å². The zero-order valence-electron chi connectivity index (χ0n) is 15.7. The quantitative estimate of drug-likeness (QED) is 0.846.